The Balaban J connectivity index is 3.02. The largest absolute Gasteiger partial charge is 0.368 e. The van der Waals surface area contributed by atoms with Gasteiger partial charge in [0.25, 0.3) is 0 Å². The number of nitriles is 1. The van der Waals surface area contributed by atoms with Gasteiger partial charge in [0.1, 0.15) is 16.6 Å². The van der Waals surface area contributed by atoms with Crippen molar-refractivity contribution in [1.82, 2.24) is 0 Å². The number of thiophene rings is 1. The summed E-state index contributed by atoms with van der Waals surface area (Å²) in [6.45, 7) is 0.197. The van der Waals surface area contributed by atoms with Gasteiger partial charge in [-0.2, -0.15) is 5.26 Å². The first-order valence-electron chi connectivity index (χ1n) is 3.54. The lowest BCUT2D eigenvalue weighted by atomic mass is 10.4. The Bertz CT molecular complexity index is 438. The van der Waals surface area contributed by atoms with E-state index in [1.165, 1.54) is 6.07 Å². The van der Waals surface area contributed by atoms with Crippen LogP contribution in [0.15, 0.2) is 6.07 Å². The van der Waals surface area contributed by atoms with Crippen LogP contribution in [-0.2, 0) is 0 Å². The predicted molar refractivity (Wildman–Crippen MR) is 53.0 cm³/mol. The Labute approximate surface area is 84.1 Å². The Morgan fingerprint density at radius 2 is 2.50 bits per heavy atom. The van der Waals surface area contributed by atoms with E-state index in [1.807, 2.05) is 6.07 Å². The molecule has 0 atom stereocenters. The molecular weight excluding hydrogens is 202 g/mol. The van der Waals surface area contributed by atoms with Gasteiger partial charge in [0.15, 0.2) is 0 Å². The fourth-order valence-electron chi connectivity index (χ4n) is 0.845. The van der Waals surface area contributed by atoms with E-state index >= 15 is 0 Å². The fraction of sp³-hybridized carbons (Fsp3) is 0.125. The molecule has 0 unspecified atom stereocenters. The molecule has 70 valence electrons. The Hall–Kier alpha value is -2.05. The summed E-state index contributed by atoms with van der Waals surface area (Å²) in [6.07, 6.45) is 5.00. The summed E-state index contributed by atoms with van der Waals surface area (Å²) in [7, 11) is 0. The monoisotopic (exact) mass is 207 g/mol. The highest BCUT2D eigenvalue weighted by atomic mass is 32.1. The van der Waals surface area contributed by atoms with Gasteiger partial charge in [-0.1, -0.05) is 5.92 Å². The minimum absolute atomic E-state index is 0.0863. The third kappa shape index (κ3) is 2.00. The van der Waals surface area contributed by atoms with Gasteiger partial charge < -0.3 is 5.32 Å². The zero-order chi connectivity index (χ0) is 10.6. The molecule has 0 aliphatic heterocycles. The van der Waals surface area contributed by atoms with Crippen LogP contribution >= 0.6 is 11.3 Å². The number of nitro groups is 1. The summed E-state index contributed by atoms with van der Waals surface area (Å²) in [5, 5.41) is 21.7. The van der Waals surface area contributed by atoms with Gasteiger partial charge in [-0.05, 0) is 17.4 Å². The van der Waals surface area contributed by atoms with Gasteiger partial charge in [0.2, 0.25) is 0 Å². The van der Waals surface area contributed by atoms with E-state index in [4.69, 9.17) is 11.7 Å². The van der Waals surface area contributed by atoms with Crippen LogP contribution in [0, 0.1) is 33.8 Å². The van der Waals surface area contributed by atoms with Crippen molar-refractivity contribution in [1.29, 1.82) is 5.26 Å². The molecule has 1 aromatic rings. The van der Waals surface area contributed by atoms with Crippen molar-refractivity contribution < 1.29 is 4.92 Å². The number of hydrogen-bond acceptors (Lipinski definition) is 5. The van der Waals surface area contributed by atoms with Gasteiger partial charge >= 0.3 is 5.00 Å². The summed E-state index contributed by atoms with van der Waals surface area (Å²) in [4.78, 5) is 10.3. The highest BCUT2D eigenvalue weighted by molar-refractivity contribution is 7.16. The number of nitrogens with zero attached hydrogens (tertiary/aromatic N) is 2. The highest BCUT2D eigenvalue weighted by Crippen LogP contribution is 2.33. The van der Waals surface area contributed by atoms with E-state index in [0.717, 1.165) is 11.3 Å². The van der Waals surface area contributed by atoms with Crippen LogP contribution < -0.4 is 5.32 Å². The van der Waals surface area contributed by atoms with E-state index in [9.17, 15) is 10.1 Å². The first kappa shape index (κ1) is 10.0. The van der Waals surface area contributed by atoms with Gasteiger partial charge in [-0.25, -0.2) is 0 Å². The molecule has 0 aliphatic rings. The molecule has 0 radical (unpaired) electrons. The lowest BCUT2D eigenvalue weighted by molar-refractivity contribution is -0.379. The zero-order valence-corrected chi connectivity index (χ0v) is 7.80. The van der Waals surface area contributed by atoms with Crippen molar-refractivity contribution in [3.8, 4) is 18.4 Å². The summed E-state index contributed by atoms with van der Waals surface area (Å²) < 4.78 is 0. The minimum Gasteiger partial charge on any atom is -0.368 e. The number of hydrogen-bond donors (Lipinski definition) is 1. The van der Waals surface area contributed by atoms with Crippen molar-refractivity contribution in [2.75, 3.05) is 11.9 Å². The van der Waals surface area contributed by atoms with Crippen LogP contribution in [0.3, 0.4) is 0 Å². The van der Waals surface area contributed by atoms with E-state index in [0.29, 0.717) is 5.69 Å². The minimum atomic E-state index is -0.537. The van der Waals surface area contributed by atoms with Crippen LogP contribution in [0.1, 0.15) is 4.88 Å². The SMILES string of the molecule is C#CCNc1cc(C#N)sc1[N+](=O)[O-]. The fourth-order valence-corrected chi connectivity index (χ4v) is 1.59. The van der Waals surface area contributed by atoms with Crippen LogP contribution in [0.25, 0.3) is 0 Å². The van der Waals surface area contributed by atoms with E-state index < -0.39 is 4.92 Å². The van der Waals surface area contributed by atoms with Crippen molar-refractivity contribution in [3.63, 3.8) is 0 Å². The molecule has 5 nitrogen and oxygen atoms in total. The summed E-state index contributed by atoms with van der Waals surface area (Å²) in [5.74, 6) is 2.30. The topological polar surface area (TPSA) is 79.0 Å². The maximum atomic E-state index is 10.5. The molecule has 14 heavy (non-hydrogen) atoms. The molecule has 0 amide bonds. The molecule has 1 N–H and O–H groups in total. The Morgan fingerprint density at radius 1 is 1.79 bits per heavy atom. The molecule has 0 saturated carbocycles. The Kier molecular flexibility index (Phi) is 3.05. The molecule has 1 rings (SSSR count). The van der Waals surface area contributed by atoms with E-state index in [2.05, 4.69) is 11.2 Å². The number of terminal acetylenes is 1. The average Bonchev–Trinajstić information content (AvgIpc) is 2.58. The van der Waals surface area contributed by atoms with Gasteiger partial charge in [0.05, 0.1) is 11.5 Å². The van der Waals surface area contributed by atoms with Crippen LogP contribution in [0.2, 0.25) is 0 Å². The molecule has 6 heteroatoms. The standard InChI is InChI=1S/C8H5N3O2S/c1-2-3-10-7-4-6(5-9)14-8(7)11(12)13/h1,4,10H,3H2. The lowest BCUT2D eigenvalue weighted by Crippen LogP contribution is -1.99. The number of rotatable bonds is 3. The molecule has 0 saturated heterocycles. The second-order valence-electron chi connectivity index (χ2n) is 2.26. The molecular formula is C8H5N3O2S. The molecule has 0 spiro atoms. The molecule has 0 fully saturated rings. The number of anilines is 1. The second kappa shape index (κ2) is 4.26. The van der Waals surface area contributed by atoms with E-state index in [-0.39, 0.29) is 16.4 Å². The first-order valence-corrected chi connectivity index (χ1v) is 4.36. The third-order valence-electron chi connectivity index (χ3n) is 1.37. The van der Waals surface area contributed by atoms with Gasteiger partial charge in [0, 0.05) is 0 Å². The van der Waals surface area contributed by atoms with Crippen LogP contribution in [0.5, 0.6) is 0 Å². The predicted octanol–water partition coefficient (Wildman–Crippen LogP) is 1.57. The number of nitrogens with one attached hydrogen (secondary N) is 1. The smallest absolute Gasteiger partial charge is 0.348 e. The Morgan fingerprint density at radius 3 is 3.00 bits per heavy atom. The summed E-state index contributed by atoms with van der Waals surface area (Å²) >= 11 is 0.827. The maximum absolute atomic E-state index is 10.5. The summed E-state index contributed by atoms with van der Waals surface area (Å²) in [5.41, 5.74) is 0.300. The molecule has 0 aromatic carbocycles. The second-order valence-corrected chi connectivity index (χ2v) is 3.29. The van der Waals surface area contributed by atoms with Crippen molar-refractivity contribution in [2.45, 2.75) is 0 Å². The molecule has 1 heterocycles. The van der Waals surface area contributed by atoms with Crippen LogP contribution in [-0.4, -0.2) is 11.5 Å². The molecule has 1 aromatic heterocycles. The molecule has 0 bridgehead atoms. The quantitative estimate of drug-likeness (QED) is 0.463. The highest BCUT2D eigenvalue weighted by Gasteiger charge is 2.18. The third-order valence-corrected chi connectivity index (χ3v) is 2.36. The first-order chi connectivity index (χ1) is 6.69. The maximum Gasteiger partial charge on any atom is 0.348 e. The van der Waals surface area contributed by atoms with Crippen molar-refractivity contribution >= 4 is 22.0 Å². The zero-order valence-electron chi connectivity index (χ0n) is 6.98. The van der Waals surface area contributed by atoms with Gasteiger partial charge in [-0.15, -0.1) is 6.42 Å². The summed E-state index contributed by atoms with van der Waals surface area (Å²) in [6, 6.07) is 3.26. The molecule has 0 aliphatic carbocycles. The van der Waals surface area contributed by atoms with Crippen LogP contribution in [0.4, 0.5) is 10.7 Å². The van der Waals surface area contributed by atoms with Gasteiger partial charge in [-0.3, -0.25) is 10.1 Å². The lowest BCUT2D eigenvalue weighted by Gasteiger charge is -1.95. The van der Waals surface area contributed by atoms with Crippen molar-refractivity contribution in [2.24, 2.45) is 0 Å². The average molecular weight is 207 g/mol. The normalized spacial score (nSPS) is 8.71. The van der Waals surface area contributed by atoms with Crippen molar-refractivity contribution in [3.05, 3.63) is 21.1 Å². The van der Waals surface area contributed by atoms with E-state index in [1.54, 1.807) is 0 Å².